The Balaban J connectivity index is 0.00000134. The molecule has 2 saturated heterocycles. The van der Waals surface area contributed by atoms with Crippen molar-refractivity contribution in [2.24, 2.45) is 5.92 Å². The molecule has 11 nitrogen and oxygen atoms in total. The molecule has 0 spiro atoms. The second-order valence-electron chi connectivity index (χ2n) is 9.24. The van der Waals surface area contributed by atoms with E-state index in [-0.39, 0.29) is 39.1 Å². The zero-order valence-corrected chi connectivity index (χ0v) is 22.6. The number of aliphatic hydroxyl groups is 7. The Kier molecular flexibility index (Phi) is 20.3. The molecule has 0 radical (unpaired) electrons. The van der Waals surface area contributed by atoms with Crippen LogP contribution in [-0.4, -0.2) is 117 Å². The first-order chi connectivity index (χ1) is 17.2. The van der Waals surface area contributed by atoms with Crippen LogP contribution in [0.1, 0.15) is 73.1 Å². The second kappa shape index (κ2) is 20.5. The maximum Gasteiger partial charge on any atom is 0.161 e. The summed E-state index contributed by atoms with van der Waals surface area (Å²) in [5.41, 5.74) is 0. The molecule has 10 unspecified atom stereocenters. The first-order valence-corrected chi connectivity index (χ1v) is 13.3. The molecule has 2 fully saturated rings. The Morgan fingerprint density at radius 3 is 2.06 bits per heavy atom. The molecule has 0 amide bonds. The maximum atomic E-state index is 10.5. The molecule has 7 N–H and O–H groups in total. The Morgan fingerprint density at radius 2 is 1.56 bits per heavy atom. The van der Waals surface area contributed by atoms with E-state index in [1.54, 1.807) is 6.92 Å². The van der Waals surface area contributed by atoms with Gasteiger partial charge in [0.25, 0.3) is 0 Å². The van der Waals surface area contributed by atoms with Gasteiger partial charge in [0, 0.05) is 32.3 Å². The van der Waals surface area contributed by atoms with Gasteiger partial charge in [0.05, 0.1) is 50.3 Å². The first-order valence-electron chi connectivity index (χ1n) is 13.3. The van der Waals surface area contributed by atoms with Crippen LogP contribution < -0.4 is 0 Å². The average Bonchev–Trinajstić information content (AvgIpc) is 2.89. The zero-order chi connectivity index (χ0) is 27.7. The largest absolute Gasteiger partial charge is 0.396 e. The molecule has 0 saturated carbocycles. The van der Waals surface area contributed by atoms with Crippen LogP contribution >= 0.6 is 0 Å². The highest BCUT2D eigenvalue weighted by molar-refractivity contribution is 4.88. The van der Waals surface area contributed by atoms with E-state index in [2.05, 4.69) is 6.92 Å². The molecule has 0 aromatic carbocycles. The van der Waals surface area contributed by atoms with Gasteiger partial charge >= 0.3 is 0 Å². The van der Waals surface area contributed by atoms with E-state index >= 15 is 0 Å². The van der Waals surface area contributed by atoms with Crippen LogP contribution in [-0.2, 0) is 18.9 Å². The summed E-state index contributed by atoms with van der Waals surface area (Å²) < 4.78 is 22.3. The predicted molar refractivity (Wildman–Crippen MR) is 133 cm³/mol. The highest BCUT2D eigenvalue weighted by atomic mass is 16.7. The smallest absolute Gasteiger partial charge is 0.161 e. The van der Waals surface area contributed by atoms with Gasteiger partial charge in [-0.1, -0.05) is 34.1 Å². The van der Waals surface area contributed by atoms with Gasteiger partial charge in [-0.2, -0.15) is 0 Å². The lowest BCUT2D eigenvalue weighted by atomic mass is 9.95. The molecule has 0 aliphatic carbocycles. The summed E-state index contributed by atoms with van der Waals surface area (Å²) >= 11 is 0. The second-order valence-corrected chi connectivity index (χ2v) is 9.24. The summed E-state index contributed by atoms with van der Waals surface area (Å²) in [6.07, 6.45) is -4.07. The van der Waals surface area contributed by atoms with Gasteiger partial charge in [-0.05, 0) is 19.3 Å². The molecule has 2 aliphatic rings. The molecular formula is C25H52O11. The molecule has 0 aromatic rings. The van der Waals surface area contributed by atoms with Gasteiger partial charge in [0.1, 0.15) is 12.2 Å². The van der Waals surface area contributed by atoms with Crippen molar-refractivity contribution >= 4 is 0 Å². The van der Waals surface area contributed by atoms with Gasteiger partial charge < -0.3 is 54.7 Å². The monoisotopic (exact) mass is 528 g/mol. The molecule has 2 rings (SSSR count). The van der Waals surface area contributed by atoms with Gasteiger partial charge in [-0.15, -0.1) is 0 Å². The Hall–Kier alpha value is -0.440. The summed E-state index contributed by atoms with van der Waals surface area (Å²) in [4.78, 5) is 0. The molecule has 10 atom stereocenters. The molecule has 2 heterocycles. The minimum Gasteiger partial charge on any atom is -0.396 e. The van der Waals surface area contributed by atoms with Crippen LogP contribution in [0, 0.1) is 5.92 Å². The predicted octanol–water partition coefficient (Wildman–Crippen LogP) is 0.288. The minimum absolute atomic E-state index is 0.198. The maximum absolute atomic E-state index is 10.5. The van der Waals surface area contributed by atoms with E-state index in [0.29, 0.717) is 25.4 Å². The quantitative estimate of drug-likeness (QED) is 0.173. The number of hydrogen-bond donors (Lipinski definition) is 7. The van der Waals surface area contributed by atoms with Gasteiger partial charge in [-0.3, -0.25) is 0 Å². The van der Waals surface area contributed by atoms with Crippen molar-refractivity contribution < 1.29 is 54.7 Å². The lowest BCUT2D eigenvalue weighted by Crippen LogP contribution is -2.54. The van der Waals surface area contributed by atoms with Crippen molar-refractivity contribution in [1.29, 1.82) is 0 Å². The third-order valence-corrected chi connectivity index (χ3v) is 6.04. The topological polar surface area (TPSA) is 179 Å². The highest BCUT2D eigenvalue weighted by Crippen LogP contribution is 2.29. The minimum atomic E-state index is -1.06. The van der Waals surface area contributed by atoms with Crippen molar-refractivity contribution in [3.8, 4) is 0 Å². The summed E-state index contributed by atoms with van der Waals surface area (Å²) in [7, 11) is 0. The molecule has 11 heteroatoms. The Labute approximate surface area is 216 Å². The summed E-state index contributed by atoms with van der Waals surface area (Å²) in [5, 5.41) is 66.4. The zero-order valence-electron chi connectivity index (χ0n) is 22.6. The average molecular weight is 529 g/mol. The molecular weight excluding hydrogens is 476 g/mol. The third kappa shape index (κ3) is 13.9. The van der Waals surface area contributed by atoms with Crippen molar-refractivity contribution in [2.75, 3.05) is 26.4 Å². The Morgan fingerprint density at radius 1 is 0.889 bits per heavy atom. The van der Waals surface area contributed by atoms with E-state index in [4.69, 9.17) is 29.2 Å². The molecule has 218 valence electrons. The van der Waals surface area contributed by atoms with Crippen LogP contribution in [0.2, 0.25) is 0 Å². The van der Waals surface area contributed by atoms with Crippen LogP contribution in [0.15, 0.2) is 0 Å². The van der Waals surface area contributed by atoms with E-state index in [9.17, 15) is 25.5 Å². The van der Waals surface area contributed by atoms with E-state index in [0.717, 1.165) is 6.42 Å². The summed E-state index contributed by atoms with van der Waals surface area (Å²) in [6.45, 7) is 9.25. The van der Waals surface area contributed by atoms with Crippen LogP contribution in [0.4, 0.5) is 0 Å². The van der Waals surface area contributed by atoms with Crippen molar-refractivity contribution in [3.63, 3.8) is 0 Å². The van der Waals surface area contributed by atoms with E-state index in [1.165, 1.54) is 0 Å². The number of rotatable bonds is 12. The van der Waals surface area contributed by atoms with E-state index < -0.39 is 55.3 Å². The van der Waals surface area contributed by atoms with Crippen molar-refractivity contribution in [3.05, 3.63) is 0 Å². The fourth-order valence-electron chi connectivity index (χ4n) is 3.71. The van der Waals surface area contributed by atoms with Gasteiger partial charge in [0.2, 0.25) is 0 Å². The van der Waals surface area contributed by atoms with Crippen molar-refractivity contribution in [2.45, 2.75) is 128 Å². The molecule has 36 heavy (non-hydrogen) atoms. The molecule has 0 bridgehead atoms. The lowest BCUT2D eigenvalue weighted by Gasteiger charge is -2.42. The summed E-state index contributed by atoms with van der Waals surface area (Å²) in [5.74, 6) is 0.491. The summed E-state index contributed by atoms with van der Waals surface area (Å²) in [6, 6.07) is 0. The number of hydrogen-bond acceptors (Lipinski definition) is 11. The standard InChI is InChI=1S/C18H34O10.C5H12O.C2H6/c1-10(7-19)25-16(24)3-2-12-6-14(23)18(15(9-21)26-12)28-17-5-11(22)4-13(8-20)27-17;1-3-5(2)4-6;1-2/h10-24H,2-9H2,1H3;5-6H,3-4H2,1-2H3;1-2H3. The number of ether oxygens (including phenoxy) is 4. The first kappa shape index (κ1) is 35.6. The van der Waals surface area contributed by atoms with Gasteiger partial charge in [0.15, 0.2) is 12.6 Å². The van der Waals surface area contributed by atoms with Crippen molar-refractivity contribution in [1.82, 2.24) is 0 Å². The fraction of sp³-hybridized carbons (Fsp3) is 1.00. The fourth-order valence-corrected chi connectivity index (χ4v) is 3.71. The molecule has 0 aromatic heterocycles. The molecule has 2 aliphatic heterocycles. The lowest BCUT2D eigenvalue weighted by molar-refractivity contribution is -0.287. The van der Waals surface area contributed by atoms with Crippen LogP contribution in [0.25, 0.3) is 0 Å². The normalized spacial score (nSPS) is 32.8. The Bertz CT molecular complexity index is 508. The van der Waals surface area contributed by atoms with E-state index in [1.807, 2.05) is 20.8 Å². The highest BCUT2D eigenvalue weighted by Gasteiger charge is 2.41. The number of aliphatic hydroxyl groups excluding tert-OH is 7. The third-order valence-electron chi connectivity index (χ3n) is 6.04. The SMILES string of the molecule is CC.CC(CO)OC(O)CCC1CC(O)C(OC2CC(O)CC(CO)O2)C(CO)O1.CCC(C)CO. The van der Waals surface area contributed by atoms with Gasteiger partial charge in [-0.25, -0.2) is 0 Å². The van der Waals surface area contributed by atoms with Crippen LogP contribution in [0.3, 0.4) is 0 Å². The van der Waals surface area contributed by atoms with Crippen LogP contribution in [0.5, 0.6) is 0 Å².